The molecule has 0 amide bonds. The highest BCUT2D eigenvalue weighted by atomic mass is 79.9. The molecule has 1 aromatic heterocycles. The summed E-state index contributed by atoms with van der Waals surface area (Å²) in [5.74, 6) is 0.885. The van der Waals surface area contributed by atoms with Gasteiger partial charge in [-0.25, -0.2) is 4.79 Å². The fourth-order valence-electron chi connectivity index (χ4n) is 6.31. The van der Waals surface area contributed by atoms with E-state index in [2.05, 4.69) is 0 Å². The summed E-state index contributed by atoms with van der Waals surface area (Å²) in [6.45, 7) is 4.93. The molecule has 1 N–H and O–H groups in total. The van der Waals surface area contributed by atoms with Crippen molar-refractivity contribution < 1.29 is 40.8 Å². The third kappa shape index (κ3) is 5.23. The molecular weight excluding hydrogens is 514 g/mol. The first-order valence-corrected chi connectivity index (χ1v) is 13.5. The quantitative estimate of drug-likeness (QED) is 0.294. The lowest BCUT2D eigenvalue weighted by Gasteiger charge is -2.52. The van der Waals surface area contributed by atoms with Gasteiger partial charge in [-0.3, -0.25) is 0 Å². The molecule has 0 spiro atoms. The van der Waals surface area contributed by atoms with Crippen molar-refractivity contribution in [2.24, 2.45) is 11.8 Å². The van der Waals surface area contributed by atoms with Gasteiger partial charge in [0.1, 0.15) is 12.3 Å². The molecule has 4 fully saturated rings. The molecule has 5 nitrogen and oxygen atoms in total. The number of carbonyl (C=O) groups excluding carboxylic acids is 1. The molecule has 7 heteroatoms. The number of esters is 1. The molecule has 2 aromatic rings. The van der Waals surface area contributed by atoms with E-state index in [1.807, 2.05) is 47.8 Å². The summed E-state index contributed by atoms with van der Waals surface area (Å²) in [5, 5.41) is 13.6. The number of quaternary nitrogens is 1. The van der Waals surface area contributed by atoms with Crippen molar-refractivity contribution in [3.63, 3.8) is 0 Å². The topological polar surface area (TPSA) is 55.8 Å². The van der Waals surface area contributed by atoms with Crippen LogP contribution in [-0.2, 0) is 15.1 Å². The fraction of sp³-hybridized carbons (Fsp3) is 0.593. The Balaban J connectivity index is 0.00000274. The van der Waals surface area contributed by atoms with Crippen LogP contribution in [0.15, 0.2) is 47.8 Å². The molecule has 34 heavy (non-hydrogen) atoms. The number of piperidine rings is 3. The molecule has 4 heterocycles. The van der Waals surface area contributed by atoms with Crippen LogP contribution >= 0.6 is 11.3 Å². The highest BCUT2D eigenvalue weighted by molar-refractivity contribution is 7.10. The summed E-state index contributed by atoms with van der Waals surface area (Å²) in [6, 6.07) is 13.8. The van der Waals surface area contributed by atoms with E-state index in [0.717, 1.165) is 86.2 Å². The molecule has 4 aliphatic rings. The van der Waals surface area contributed by atoms with Crippen molar-refractivity contribution in [2.75, 3.05) is 32.8 Å². The van der Waals surface area contributed by atoms with Gasteiger partial charge in [-0.15, -0.1) is 11.3 Å². The number of hydrogen-bond donors (Lipinski definition) is 1. The minimum atomic E-state index is -1.49. The first kappa shape index (κ1) is 25.7. The van der Waals surface area contributed by atoms with Crippen LogP contribution in [0, 0.1) is 11.8 Å². The summed E-state index contributed by atoms with van der Waals surface area (Å²) in [6.07, 6.45) is 7.00. The maximum atomic E-state index is 13.5. The number of benzene rings is 1. The Hall–Kier alpha value is -1.41. The number of ether oxygens (including phenoxy) is 2. The number of hydrogen-bond acceptors (Lipinski definition) is 5. The second kappa shape index (κ2) is 11.1. The third-order valence-corrected chi connectivity index (χ3v) is 9.24. The summed E-state index contributed by atoms with van der Waals surface area (Å²) >= 11 is 1.46. The Bertz CT molecular complexity index is 910. The largest absolute Gasteiger partial charge is 1.00 e. The molecule has 1 saturated carbocycles. The van der Waals surface area contributed by atoms with Crippen molar-refractivity contribution in [1.29, 1.82) is 0 Å². The minimum absolute atomic E-state index is 0. The van der Waals surface area contributed by atoms with Crippen LogP contribution in [-0.4, -0.2) is 54.4 Å². The van der Waals surface area contributed by atoms with Crippen molar-refractivity contribution >= 4 is 17.3 Å². The first-order valence-electron chi connectivity index (χ1n) is 12.6. The van der Waals surface area contributed by atoms with Gasteiger partial charge in [0.2, 0.25) is 0 Å². The van der Waals surface area contributed by atoms with Gasteiger partial charge in [0.25, 0.3) is 0 Å². The standard InChI is InChI=1S/C27H36NO4S.BrH/c29-26(27(30,22-8-4-5-9-22)25-12-6-19-33-25)32-24-20-28(16-13-21(24)14-17-28)15-7-18-31-23-10-2-1-3-11-23;/h1-3,6,10-12,19,21-22,24,30H,4-5,7-9,13-18,20H2;1H/q+1;/p-1/t21?,24-,27+,28?;/m0./s1. The maximum absolute atomic E-state index is 13.5. The predicted molar refractivity (Wildman–Crippen MR) is 129 cm³/mol. The summed E-state index contributed by atoms with van der Waals surface area (Å²) in [4.78, 5) is 14.3. The van der Waals surface area contributed by atoms with E-state index < -0.39 is 11.6 Å². The Kier molecular flexibility index (Phi) is 8.39. The highest BCUT2D eigenvalue weighted by Crippen LogP contribution is 2.44. The SMILES string of the molecule is O=C(O[C@H]1C[N+]2(CCCOc3ccccc3)CCC1CC2)[C@](O)(c1cccs1)C1CCCC1.[Br-]. The summed E-state index contributed by atoms with van der Waals surface area (Å²) in [5.41, 5.74) is -1.49. The molecule has 2 atom stereocenters. The first-order chi connectivity index (χ1) is 16.1. The zero-order valence-electron chi connectivity index (χ0n) is 19.7. The molecule has 2 bridgehead atoms. The zero-order valence-corrected chi connectivity index (χ0v) is 22.1. The van der Waals surface area contributed by atoms with E-state index in [1.54, 1.807) is 0 Å². The number of halogens is 1. The van der Waals surface area contributed by atoms with E-state index in [9.17, 15) is 9.90 Å². The second-order valence-corrected chi connectivity index (χ2v) is 11.2. The molecule has 0 unspecified atom stereocenters. The van der Waals surface area contributed by atoms with Gasteiger partial charge in [0.05, 0.1) is 26.2 Å². The van der Waals surface area contributed by atoms with E-state index in [-0.39, 0.29) is 29.0 Å². The van der Waals surface area contributed by atoms with Crippen LogP contribution in [0.5, 0.6) is 5.75 Å². The number of fused-ring (bicyclic) bond motifs is 3. The maximum Gasteiger partial charge on any atom is 0.344 e. The van der Waals surface area contributed by atoms with Crippen LogP contribution in [0.4, 0.5) is 0 Å². The lowest BCUT2D eigenvalue weighted by atomic mass is 9.82. The number of aliphatic hydroxyl groups is 1. The Morgan fingerprint density at radius 2 is 1.79 bits per heavy atom. The monoisotopic (exact) mass is 549 g/mol. The minimum Gasteiger partial charge on any atom is -1.00 e. The van der Waals surface area contributed by atoms with Crippen LogP contribution < -0.4 is 21.7 Å². The normalized spacial score (nSPS) is 28.1. The van der Waals surface area contributed by atoms with Crippen molar-refractivity contribution in [2.45, 2.75) is 56.7 Å². The lowest BCUT2D eigenvalue weighted by molar-refractivity contribution is -0.946. The van der Waals surface area contributed by atoms with E-state index in [1.165, 1.54) is 11.3 Å². The second-order valence-electron chi connectivity index (χ2n) is 10.2. The molecule has 1 aliphatic carbocycles. The molecular formula is C27H36BrNO4S. The molecule has 0 radical (unpaired) electrons. The van der Waals surface area contributed by atoms with E-state index in [0.29, 0.717) is 12.5 Å². The summed E-state index contributed by atoms with van der Waals surface area (Å²) in [7, 11) is 0. The van der Waals surface area contributed by atoms with Gasteiger partial charge in [-0.2, -0.15) is 0 Å². The Labute approximate surface area is 217 Å². The van der Waals surface area contributed by atoms with Gasteiger partial charge < -0.3 is 36.0 Å². The lowest BCUT2D eigenvalue weighted by Crippen LogP contribution is -3.00. The fourth-order valence-corrected chi connectivity index (χ4v) is 7.20. The predicted octanol–water partition coefficient (Wildman–Crippen LogP) is 1.75. The number of rotatable bonds is 9. The third-order valence-electron chi connectivity index (χ3n) is 8.24. The number of para-hydroxylation sites is 1. The smallest absolute Gasteiger partial charge is 0.344 e. The van der Waals surface area contributed by atoms with Gasteiger partial charge in [-0.1, -0.05) is 37.1 Å². The number of thiophene rings is 1. The van der Waals surface area contributed by atoms with Crippen LogP contribution in [0.25, 0.3) is 0 Å². The van der Waals surface area contributed by atoms with Gasteiger partial charge >= 0.3 is 5.97 Å². The number of nitrogens with zero attached hydrogens (tertiary/aromatic N) is 1. The zero-order chi connectivity index (χ0) is 22.7. The van der Waals surface area contributed by atoms with Gasteiger partial charge in [0, 0.05) is 36.0 Å². The van der Waals surface area contributed by atoms with E-state index in [4.69, 9.17) is 9.47 Å². The average molecular weight is 551 g/mol. The average Bonchev–Trinajstić information content (AvgIpc) is 3.58. The van der Waals surface area contributed by atoms with Crippen LogP contribution in [0.3, 0.4) is 0 Å². The van der Waals surface area contributed by atoms with Crippen molar-refractivity contribution in [1.82, 2.24) is 0 Å². The molecule has 1 aromatic carbocycles. The molecule has 3 saturated heterocycles. The van der Waals surface area contributed by atoms with Crippen molar-refractivity contribution in [3.05, 3.63) is 52.7 Å². The highest BCUT2D eigenvalue weighted by Gasteiger charge is 2.53. The summed E-state index contributed by atoms with van der Waals surface area (Å²) < 4.78 is 13.1. The van der Waals surface area contributed by atoms with Crippen LogP contribution in [0.2, 0.25) is 0 Å². The van der Waals surface area contributed by atoms with Gasteiger partial charge in [-0.05, 0) is 36.4 Å². The molecule has 186 valence electrons. The molecule has 6 rings (SSSR count). The van der Waals surface area contributed by atoms with E-state index >= 15 is 0 Å². The Morgan fingerprint density at radius 1 is 1.06 bits per heavy atom. The Morgan fingerprint density at radius 3 is 2.47 bits per heavy atom. The van der Waals surface area contributed by atoms with Crippen molar-refractivity contribution in [3.8, 4) is 5.75 Å². The molecule has 3 aliphatic heterocycles. The van der Waals surface area contributed by atoms with Crippen LogP contribution in [0.1, 0.15) is 49.8 Å². The van der Waals surface area contributed by atoms with Gasteiger partial charge in [0.15, 0.2) is 11.7 Å². The number of carbonyl (C=O) groups is 1.